The molecule has 0 saturated carbocycles. The summed E-state index contributed by atoms with van der Waals surface area (Å²) in [5.74, 6) is -10.5. The maximum atomic E-state index is 14.3. The van der Waals surface area contributed by atoms with Crippen LogP contribution < -0.4 is 0 Å². The van der Waals surface area contributed by atoms with Crippen LogP contribution in [0.3, 0.4) is 0 Å². The number of hydrogen-bond donors (Lipinski definition) is 1. The molecule has 0 aromatic heterocycles. The van der Waals surface area contributed by atoms with E-state index >= 15 is 0 Å². The predicted octanol–water partition coefficient (Wildman–Crippen LogP) is 5.47. The van der Waals surface area contributed by atoms with Crippen LogP contribution in [-0.2, 0) is 15.9 Å². The number of amides is 1. The van der Waals surface area contributed by atoms with Crippen LogP contribution in [0.4, 0.5) is 26.7 Å². The number of ether oxygens (including phenoxy) is 2. The molecule has 2 unspecified atom stereocenters. The van der Waals surface area contributed by atoms with Crippen LogP contribution in [0.25, 0.3) is 11.1 Å². The number of aliphatic hydroxyl groups is 1. The minimum atomic E-state index is -2.25. The highest BCUT2D eigenvalue weighted by Crippen LogP contribution is 2.45. The number of halogens is 5. The van der Waals surface area contributed by atoms with Crippen LogP contribution in [0.2, 0.25) is 0 Å². The lowest BCUT2D eigenvalue weighted by Crippen LogP contribution is -2.64. The second kappa shape index (κ2) is 9.60. The highest BCUT2D eigenvalue weighted by atomic mass is 19.2. The first-order chi connectivity index (χ1) is 18.7. The molecule has 0 spiro atoms. The molecule has 1 amide bonds. The molecule has 204 valence electrons. The fraction of sp³-hybridized carbons (Fsp3) is 0.345. The SMILES string of the molecule is O=C(OCC1c2ccccc2-c2ccccc21)N1C2COCC1CC(O)(Cc1c(F)c(F)c(F)c(F)c1F)C2. The van der Waals surface area contributed by atoms with E-state index in [0.717, 1.165) is 22.3 Å². The van der Waals surface area contributed by atoms with Gasteiger partial charge in [0.15, 0.2) is 23.3 Å². The van der Waals surface area contributed by atoms with Gasteiger partial charge in [0.05, 0.1) is 30.9 Å². The summed E-state index contributed by atoms with van der Waals surface area (Å²) in [5, 5.41) is 11.2. The Morgan fingerprint density at radius 1 is 0.846 bits per heavy atom. The average Bonchev–Trinajstić information content (AvgIpc) is 3.25. The average molecular weight is 546 g/mol. The molecule has 3 aromatic carbocycles. The van der Waals surface area contributed by atoms with Crippen LogP contribution in [0.1, 0.15) is 35.4 Å². The Hall–Kier alpha value is -3.50. The summed E-state index contributed by atoms with van der Waals surface area (Å²) >= 11 is 0. The summed E-state index contributed by atoms with van der Waals surface area (Å²) < 4.78 is 81.0. The number of nitrogens with zero attached hydrogens (tertiary/aromatic N) is 1. The van der Waals surface area contributed by atoms with Gasteiger partial charge in [0.2, 0.25) is 5.82 Å². The molecule has 1 N–H and O–H groups in total. The van der Waals surface area contributed by atoms with Gasteiger partial charge in [-0.05, 0) is 35.1 Å². The molecule has 39 heavy (non-hydrogen) atoms. The van der Waals surface area contributed by atoms with E-state index in [9.17, 15) is 31.9 Å². The fourth-order valence-electron chi connectivity index (χ4n) is 6.32. The highest BCUT2D eigenvalue weighted by molar-refractivity contribution is 5.79. The number of piperidine rings is 1. The molecular weight excluding hydrogens is 521 g/mol. The number of fused-ring (bicyclic) bond motifs is 5. The quantitative estimate of drug-likeness (QED) is 0.269. The molecule has 2 atom stereocenters. The van der Waals surface area contributed by atoms with Crippen LogP contribution in [0.15, 0.2) is 48.5 Å². The van der Waals surface area contributed by atoms with Crippen molar-refractivity contribution in [1.82, 2.24) is 4.90 Å². The summed E-state index contributed by atoms with van der Waals surface area (Å²) in [5.41, 5.74) is 1.35. The molecule has 3 aliphatic rings. The molecule has 2 fully saturated rings. The Morgan fingerprint density at radius 3 is 1.87 bits per heavy atom. The van der Waals surface area contributed by atoms with Gasteiger partial charge < -0.3 is 14.6 Å². The zero-order valence-electron chi connectivity index (χ0n) is 20.6. The summed E-state index contributed by atoms with van der Waals surface area (Å²) in [7, 11) is 0. The Bertz CT molecular complexity index is 1380. The number of benzene rings is 3. The molecule has 5 nitrogen and oxygen atoms in total. The first kappa shape index (κ1) is 25.8. The molecule has 10 heteroatoms. The normalized spacial score (nSPS) is 23.9. The Balaban J connectivity index is 1.19. The molecule has 1 aliphatic carbocycles. The van der Waals surface area contributed by atoms with Crippen molar-refractivity contribution >= 4 is 6.09 Å². The van der Waals surface area contributed by atoms with Crippen molar-refractivity contribution in [3.05, 3.63) is 94.3 Å². The van der Waals surface area contributed by atoms with E-state index in [-0.39, 0.29) is 38.6 Å². The zero-order chi connectivity index (χ0) is 27.5. The van der Waals surface area contributed by atoms with Crippen LogP contribution in [-0.4, -0.2) is 53.6 Å². The van der Waals surface area contributed by atoms with Gasteiger partial charge >= 0.3 is 6.09 Å². The summed E-state index contributed by atoms with van der Waals surface area (Å²) in [6.07, 6.45) is -1.79. The first-order valence-corrected chi connectivity index (χ1v) is 12.6. The van der Waals surface area contributed by atoms with Crippen molar-refractivity contribution in [2.45, 2.75) is 42.9 Å². The Labute approximate surface area is 220 Å². The molecule has 3 aromatic rings. The van der Waals surface area contributed by atoms with Gasteiger partial charge in [-0.15, -0.1) is 0 Å². The van der Waals surface area contributed by atoms with Gasteiger partial charge in [-0.3, -0.25) is 4.90 Å². The van der Waals surface area contributed by atoms with E-state index in [4.69, 9.17) is 9.47 Å². The smallest absolute Gasteiger partial charge is 0.410 e. The molecule has 2 bridgehead atoms. The highest BCUT2D eigenvalue weighted by Gasteiger charge is 2.49. The topological polar surface area (TPSA) is 59.0 Å². The molecule has 2 heterocycles. The standard InChI is InChI=1S/C29H24F5NO4/c30-23-21(24(31)26(33)27(34)25(23)32)11-29(37)9-15-12-38-13-16(10-29)35(15)28(36)39-14-22-19-7-3-1-5-17(19)18-6-2-4-8-20(18)22/h1-8,15-16,22,37H,9-14H2. The van der Waals surface area contributed by atoms with Gasteiger partial charge in [0.25, 0.3) is 0 Å². The number of carbonyl (C=O) groups is 1. The molecule has 2 aliphatic heterocycles. The lowest BCUT2D eigenvalue weighted by molar-refractivity contribution is -0.132. The maximum Gasteiger partial charge on any atom is 0.410 e. The maximum absolute atomic E-state index is 14.3. The minimum Gasteiger partial charge on any atom is -0.448 e. The minimum absolute atomic E-state index is 0.0279. The Morgan fingerprint density at radius 2 is 1.33 bits per heavy atom. The van der Waals surface area contributed by atoms with E-state index in [1.54, 1.807) is 0 Å². The summed E-state index contributed by atoms with van der Waals surface area (Å²) in [6.45, 7) is 0.138. The second-order valence-corrected chi connectivity index (χ2v) is 10.4. The van der Waals surface area contributed by atoms with Gasteiger partial charge in [-0.25, -0.2) is 26.7 Å². The van der Waals surface area contributed by atoms with Crippen LogP contribution in [0.5, 0.6) is 0 Å². The predicted molar refractivity (Wildman–Crippen MR) is 129 cm³/mol. The number of hydrogen-bond acceptors (Lipinski definition) is 4. The van der Waals surface area contributed by atoms with Gasteiger partial charge in [0, 0.05) is 17.9 Å². The van der Waals surface area contributed by atoms with E-state index in [1.807, 2.05) is 48.5 Å². The molecule has 2 saturated heterocycles. The summed E-state index contributed by atoms with van der Waals surface area (Å²) in [4.78, 5) is 14.8. The van der Waals surface area contributed by atoms with E-state index in [2.05, 4.69) is 0 Å². The largest absolute Gasteiger partial charge is 0.448 e. The van der Waals surface area contributed by atoms with Crippen molar-refractivity contribution < 1.29 is 41.3 Å². The van der Waals surface area contributed by atoms with Crippen molar-refractivity contribution in [2.75, 3.05) is 19.8 Å². The number of carbonyl (C=O) groups excluding carboxylic acids is 1. The summed E-state index contributed by atoms with van der Waals surface area (Å²) in [6, 6.07) is 14.4. The van der Waals surface area contributed by atoms with Gasteiger partial charge in [-0.2, -0.15) is 0 Å². The number of rotatable bonds is 4. The third-order valence-electron chi connectivity index (χ3n) is 7.99. The third kappa shape index (κ3) is 4.26. The molecular formula is C29H24F5NO4. The number of morpholine rings is 1. The van der Waals surface area contributed by atoms with Crippen LogP contribution in [0, 0.1) is 29.1 Å². The van der Waals surface area contributed by atoms with Crippen molar-refractivity contribution in [3.63, 3.8) is 0 Å². The van der Waals surface area contributed by atoms with E-state index < -0.39 is 64.8 Å². The van der Waals surface area contributed by atoms with Gasteiger partial charge in [-0.1, -0.05) is 48.5 Å². The Kier molecular flexibility index (Phi) is 6.34. The lowest BCUT2D eigenvalue weighted by Gasteiger charge is -2.51. The van der Waals surface area contributed by atoms with Gasteiger partial charge in [0.1, 0.15) is 6.61 Å². The zero-order valence-corrected chi connectivity index (χ0v) is 20.6. The van der Waals surface area contributed by atoms with Crippen molar-refractivity contribution in [2.24, 2.45) is 0 Å². The van der Waals surface area contributed by atoms with E-state index in [0.29, 0.717) is 0 Å². The fourth-order valence-corrected chi connectivity index (χ4v) is 6.32. The second-order valence-electron chi connectivity index (χ2n) is 10.4. The van der Waals surface area contributed by atoms with Crippen LogP contribution >= 0.6 is 0 Å². The monoisotopic (exact) mass is 545 g/mol. The molecule has 0 radical (unpaired) electrons. The van der Waals surface area contributed by atoms with E-state index in [1.165, 1.54) is 4.90 Å². The van der Waals surface area contributed by atoms with Crippen molar-refractivity contribution in [1.29, 1.82) is 0 Å². The molecule has 6 rings (SSSR count). The first-order valence-electron chi connectivity index (χ1n) is 12.6. The third-order valence-corrected chi connectivity index (χ3v) is 7.99. The van der Waals surface area contributed by atoms with Crippen molar-refractivity contribution in [3.8, 4) is 11.1 Å². The lowest BCUT2D eigenvalue weighted by atomic mass is 9.77.